The van der Waals surface area contributed by atoms with Crippen molar-refractivity contribution in [1.29, 1.82) is 0 Å². The quantitative estimate of drug-likeness (QED) is 0.675. The number of thiophene rings is 1. The fourth-order valence-corrected chi connectivity index (χ4v) is 6.26. The van der Waals surface area contributed by atoms with Gasteiger partial charge in [0, 0.05) is 30.6 Å². The van der Waals surface area contributed by atoms with Gasteiger partial charge < -0.3 is 14.4 Å². The Kier molecular flexibility index (Phi) is 6.19. The lowest BCUT2D eigenvalue weighted by Gasteiger charge is -2.48. The number of nitrogens with zero attached hydrogens (tertiary/aromatic N) is 2. The van der Waals surface area contributed by atoms with Gasteiger partial charge in [-0.2, -0.15) is 0 Å². The average molecular weight is 441 g/mol. The summed E-state index contributed by atoms with van der Waals surface area (Å²) < 4.78 is 11.0. The zero-order chi connectivity index (χ0) is 21.2. The SMILES string of the molecule is CC(Cc1ccc2c(c1)OCO2)CN1CCC[C@@H]2CN(C(=O)Cc3cccs3)CC[C@@H]21. The number of amides is 1. The standard InChI is InChI=1S/C25H32N2O3S/c1-18(12-19-6-7-23-24(13-19)30-17-29-23)15-26-9-2-4-20-16-27(10-8-22(20)26)25(28)14-21-5-3-11-31-21/h3,5-7,11,13,18,20,22H,2,4,8-10,12,14-17H2,1H3/t18?,20-,22+/m1/s1. The number of carbonyl (C=O) groups is 1. The van der Waals surface area contributed by atoms with Gasteiger partial charge in [0.2, 0.25) is 12.7 Å². The summed E-state index contributed by atoms with van der Waals surface area (Å²) in [5.41, 5.74) is 1.32. The first kappa shape index (κ1) is 20.8. The maximum absolute atomic E-state index is 12.8. The smallest absolute Gasteiger partial charge is 0.231 e. The highest BCUT2D eigenvalue weighted by atomic mass is 32.1. The second-order valence-corrected chi connectivity index (χ2v) is 10.4. The van der Waals surface area contributed by atoms with Crippen LogP contribution in [-0.4, -0.2) is 54.7 Å². The molecule has 3 aliphatic rings. The summed E-state index contributed by atoms with van der Waals surface area (Å²) >= 11 is 1.68. The summed E-state index contributed by atoms with van der Waals surface area (Å²) in [6.45, 7) is 6.83. The predicted octanol–water partition coefficient (Wildman–Crippen LogP) is 4.21. The van der Waals surface area contributed by atoms with E-state index in [1.807, 2.05) is 12.1 Å². The molecule has 0 N–H and O–H groups in total. The van der Waals surface area contributed by atoms with E-state index in [0.29, 0.717) is 37.0 Å². The molecule has 31 heavy (non-hydrogen) atoms. The van der Waals surface area contributed by atoms with Gasteiger partial charge in [-0.15, -0.1) is 11.3 Å². The minimum atomic E-state index is 0.300. The molecule has 0 bridgehead atoms. The normalized spacial score (nSPS) is 24.1. The van der Waals surface area contributed by atoms with Crippen molar-refractivity contribution in [3.63, 3.8) is 0 Å². The number of hydrogen-bond acceptors (Lipinski definition) is 5. The second-order valence-electron chi connectivity index (χ2n) is 9.35. The molecule has 3 aliphatic heterocycles. The maximum Gasteiger partial charge on any atom is 0.231 e. The molecule has 2 aromatic rings. The number of likely N-dealkylation sites (tertiary alicyclic amines) is 2. The minimum absolute atomic E-state index is 0.300. The molecule has 0 saturated carbocycles. The van der Waals surface area contributed by atoms with Gasteiger partial charge in [0.25, 0.3) is 0 Å². The van der Waals surface area contributed by atoms with Crippen LogP contribution in [0.1, 0.15) is 36.6 Å². The van der Waals surface area contributed by atoms with Gasteiger partial charge in [-0.25, -0.2) is 0 Å². The van der Waals surface area contributed by atoms with Crippen molar-refractivity contribution in [1.82, 2.24) is 9.80 Å². The van der Waals surface area contributed by atoms with Gasteiger partial charge in [-0.1, -0.05) is 19.1 Å². The summed E-state index contributed by atoms with van der Waals surface area (Å²) in [6, 6.07) is 11.1. The molecule has 166 valence electrons. The van der Waals surface area contributed by atoms with Crippen molar-refractivity contribution < 1.29 is 14.3 Å². The van der Waals surface area contributed by atoms with E-state index in [9.17, 15) is 4.79 Å². The topological polar surface area (TPSA) is 42.0 Å². The first-order chi connectivity index (χ1) is 15.2. The lowest BCUT2D eigenvalue weighted by molar-refractivity contribution is -0.134. The molecule has 2 fully saturated rings. The van der Waals surface area contributed by atoms with Crippen molar-refractivity contribution in [3.8, 4) is 11.5 Å². The van der Waals surface area contributed by atoms with Crippen molar-refractivity contribution in [2.24, 2.45) is 11.8 Å². The van der Waals surface area contributed by atoms with E-state index in [2.05, 4.69) is 40.3 Å². The first-order valence-corrected chi connectivity index (χ1v) is 12.5. The van der Waals surface area contributed by atoms with Crippen LogP contribution in [0.25, 0.3) is 0 Å². The van der Waals surface area contributed by atoms with Crippen molar-refractivity contribution in [2.75, 3.05) is 33.0 Å². The third kappa shape index (κ3) is 4.75. The van der Waals surface area contributed by atoms with Crippen molar-refractivity contribution in [2.45, 2.75) is 45.1 Å². The lowest BCUT2D eigenvalue weighted by atomic mass is 9.83. The summed E-state index contributed by atoms with van der Waals surface area (Å²) in [5.74, 6) is 3.23. The van der Waals surface area contributed by atoms with Gasteiger partial charge in [0.05, 0.1) is 6.42 Å². The Morgan fingerprint density at radius 2 is 2.10 bits per heavy atom. The average Bonchev–Trinajstić information content (AvgIpc) is 3.45. The maximum atomic E-state index is 12.8. The summed E-state index contributed by atoms with van der Waals surface area (Å²) in [4.78, 5) is 18.8. The highest BCUT2D eigenvalue weighted by Gasteiger charge is 2.37. The molecule has 1 aromatic heterocycles. The van der Waals surface area contributed by atoms with Crippen LogP contribution in [0.15, 0.2) is 35.7 Å². The van der Waals surface area contributed by atoms with E-state index in [-0.39, 0.29) is 0 Å². The third-order valence-electron chi connectivity index (χ3n) is 7.01. The van der Waals surface area contributed by atoms with Crippen molar-refractivity contribution in [3.05, 3.63) is 46.2 Å². The predicted molar refractivity (Wildman–Crippen MR) is 123 cm³/mol. The minimum Gasteiger partial charge on any atom is -0.454 e. The van der Waals surface area contributed by atoms with Gasteiger partial charge in [0.15, 0.2) is 11.5 Å². The Morgan fingerprint density at radius 3 is 2.97 bits per heavy atom. The van der Waals surface area contributed by atoms with Crippen LogP contribution in [0.5, 0.6) is 11.5 Å². The van der Waals surface area contributed by atoms with Crippen LogP contribution in [0.3, 0.4) is 0 Å². The molecule has 5 nitrogen and oxygen atoms in total. The van der Waals surface area contributed by atoms with Crippen LogP contribution < -0.4 is 9.47 Å². The Hall–Kier alpha value is -2.05. The highest BCUT2D eigenvalue weighted by molar-refractivity contribution is 7.10. The van der Waals surface area contributed by atoms with Gasteiger partial charge in [-0.3, -0.25) is 9.69 Å². The Balaban J connectivity index is 1.15. The number of hydrogen-bond donors (Lipinski definition) is 0. The van der Waals surface area contributed by atoms with Gasteiger partial charge in [-0.05, 0) is 73.2 Å². The molecule has 1 amide bonds. The van der Waals surface area contributed by atoms with E-state index in [1.165, 1.54) is 29.8 Å². The third-order valence-corrected chi connectivity index (χ3v) is 7.89. The van der Waals surface area contributed by atoms with Crippen molar-refractivity contribution >= 4 is 17.2 Å². The van der Waals surface area contributed by atoms with Crippen LogP contribution in [0.4, 0.5) is 0 Å². The fourth-order valence-electron chi connectivity index (χ4n) is 5.57. The highest BCUT2D eigenvalue weighted by Crippen LogP contribution is 2.34. The molecular weight excluding hydrogens is 408 g/mol. The summed E-state index contributed by atoms with van der Waals surface area (Å²) in [5, 5.41) is 2.05. The zero-order valence-corrected chi connectivity index (χ0v) is 19.1. The molecule has 4 heterocycles. The number of piperidine rings is 2. The van der Waals surface area contributed by atoms with Crippen LogP contribution in [0.2, 0.25) is 0 Å². The molecule has 2 saturated heterocycles. The van der Waals surface area contributed by atoms with Crippen LogP contribution in [-0.2, 0) is 17.6 Å². The molecule has 6 heteroatoms. The number of carbonyl (C=O) groups excluding carboxylic acids is 1. The number of ether oxygens (including phenoxy) is 2. The van der Waals surface area contributed by atoms with Crippen LogP contribution >= 0.6 is 11.3 Å². The second kappa shape index (κ2) is 9.21. The van der Waals surface area contributed by atoms with E-state index in [1.54, 1.807) is 11.3 Å². The van der Waals surface area contributed by atoms with E-state index in [0.717, 1.165) is 44.0 Å². The summed E-state index contributed by atoms with van der Waals surface area (Å²) in [7, 11) is 0. The Labute approximate surface area is 188 Å². The van der Waals surface area contributed by atoms with E-state index >= 15 is 0 Å². The molecule has 0 spiro atoms. The Bertz CT molecular complexity index is 900. The lowest BCUT2D eigenvalue weighted by Crippen LogP contribution is -2.56. The molecule has 1 aromatic carbocycles. The van der Waals surface area contributed by atoms with Gasteiger partial charge >= 0.3 is 0 Å². The Morgan fingerprint density at radius 1 is 1.19 bits per heavy atom. The van der Waals surface area contributed by atoms with Crippen LogP contribution in [0, 0.1) is 11.8 Å². The largest absolute Gasteiger partial charge is 0.454 e. The molecule has 3 atom stereocenters. The van der Waals surface area contributed by atoms with Gasteiger partial charge in [0.1, 0.15) is 0 Å². The number of rotatable bonds is 6. The zero-order valence-electron chi connectivity index (χ0n) is 18.3. The number of benzene rings is 1. The molecule has 0 aliphatic carbocycles. The summed E-state index contributed by atoms with van der Waals surface area (Å²) in [6.07, 6.45) is 5.21. The fraction of sp³-hybridized carbons (Fsp3) is 0.560. The first-order valence-electron chi connectivity index (χ1n) is 11.6. The monoisotopic (exact) mass is 440 g/mol. The molecule has 0 radical (unpaired) electrons. The van der Waals surface area contributed by atoms with E-state index in [4.69, 9.17) is 9.47 Å². The molecule has 5 rings (SSSR count). The molecular formula is C25H32N2O3S. The molecule has 1 unspecified atom stereocenters. The van der Waals surface area contributed by atoms with E-state index < -0.39 is 0 Å². The number of fused-ring (bicyclic) bond motifs is 2.